The second-order valence-corrected chi connectivity index (χ2v) is 5.81. The zero-order chi connectivity index (χ0) is 16.8. The number of carbonyl (C=O) groups excluding carboxylic acids is 1. The maximum absolute atomic E-state index is 11.9. The summed E-state index contributed by atoms with van der Waals surface area (Å²) >= 11 is 0. The topological polar surface area (TPSA) is 103 Å². The molecule has 1 atom stereocenters. The standard InChI is InChI=1S/C16H23N5O2/c1-10(2)14(22)7-8-17-16(23)19-13-6-4-5-12(9-13)15-18-11(3)20-21-15/h4-6,9-10,14,22H,7-8H2,1-3H3,(H2,17,19,23)(H,18,20,21). The van der Waals surface area contributed by atoms with E-state index >= 15 is 0 Å². The van der Waals surface area contributed by atoms with Gasteiger partial charge in [-0.1, -0.05) is 26.0 Å². The summed E-state index contributed by atoms with van der Waals surface area (Å²) in [7, 11) is 0. The summed E-state index contributed by atoms with van der Waals surface area (Å²) in [5.74, 6) is 1.51. The molecule has 23 heavy (non-hydrogen) atoms. The smallest absolute Gasteiger partial charge is 0.319 e. The van der Waals surface area contributed by atoms with Gasteiger partial charge in [-0.3, -0.25) is 5.10 Å². The van der Waals surface area contributed by atoms with Crippen LogP contribution in [0.3, 0.4) is 0 Å². The molecule has 0 radical (unpaired) electrons. The predicted molar refractivity (Wildman–Crippen MR) is 89.0 cm³/mol. The summed E-state index contributed by atoms with van der Waals surface area (Å²) in [6.45, 7) is 6.14. The molecule has 7 heteroatoms. The molecular formula is C16H23N5O2. The lowest BCUT2D eigenvalue weighted by Gasteiger charge is -2.14. The fourth-order valence-corrected chi connectivity index (χ4v) is 2.05. The zero-order valence-corrected chi connectivity index (χ0v) is 13.6. The summed E-state index contributed by atoms with van der Waals surface area (Å²) in [5, 5.41) is 22.1. The van der Waals surface area contributed by atoms with Crippen LogP contribution in [-0.2, 0) is 0 Å². The zero-order valence-electron chi connectivity index (χ0n) is 13.6. The van der Waals surface area contributed by atoms with Crippen molar-refractivity contribution >= 4 is 11.7 Å². The van der Waals surface area contributed by atoms with Crippen LogP contribution in [-0.4, -0.2) is 39.0 Å². The molecule has 2 aromatic rings. The van der Waals surface area contributed by atoms with Crippen LogP contribution in [0.5, 0.6) is 0 Å². The van der Waals surface area contributed by atoms with E-state index in [2.05, 4.69) is 25.8 Å². The van der Waals surface area contributed by atoms with Crippen molar-refractivity contribution in [3.05, 3.63) is 30.1 Å². The second kappa shape index (κ2) is 7.73. The summed E-state index contributed by atoms with van der Waals surface area (Å²) in [5.41, 5.74) is 1.48. The summed E-state index contributed by atoms with van der Waals surface area (Å²) in [6, 6.07) is 7.02. The summed E-state index contributed by atoms with van der Waals surface area (Å²) < 4.78 is 0. The SMILES string of the molecule is Cc1nc(-c2cccc(NC(=O)NCCC(O)C(C)C)c2)n[nH]1. The van der Waals surface area contributed by atoms with Gasteiger partial charge in [0.25, 0.3) is 0 Å². The number of aliphatic hydroxyl groups excluding tert-OH is 1. The maximum atomic E-state index is 11.9. The van der Waals surface area contributed by atoms with Crippen LogP contribution in [0.25, 0.3) is 11.4 Å². The van der Waals surface area contributed by atoms with Crippen LogP contribution in [0.4, 0.5) is 10.5 Å². The molecule has 0 aliphatic rings. The van der Waals surface area contributed by atoms with Gasteiger partial charge in [-0.2, -0.15) is 5.10 Å². The average molecular weight is 317 g/mol. The van der Waals surface area contributed by atoms with Crippen LogP contribution in [0.2, 0.25) is 0 Å². The average Bonchev–Trinajstić information content (AvgIpc) is 2.94. The summed E-state index contributed by atoms with van der Waals surface area (Å²) in [6.07, 6.45) is 0.120. The number of aromatic nitrogens is 3. The molecule has 0 saturated carbocycles. The molecule has 1 aromatic heterocycles. The third kappa shape index (κ3) is 5.07. The number of urea groups is 1. The first-order valence-electron chi connectivity index (χ1n) is 7.68. The van der Waals surface area contributed by atoms with Crippen molar-refractivity contribution in [1.29, 1.82) is 0 Å². The Bertz CT molecular complexity index is 653. The van der Waals surface area contributed by atoms with Gasteiger partial charge < -0.3 is 15.7 Å². The number of nitrogens with zero attached hydrogens (tertiary/aromatic N) is 2. The molecule has 0 fully saturated rings. The molecule has 0 aliphatic carbocycles. The number of carbonyl (C=O) groups is 1. The van der Waals surface area contributed by atoms with Gasteiger partial charge in [0, 0.05) is 17.8 Å². The molecule has 124 valence electrons. The Labute approximate surface area is 135 Å². The molecule has 2 amide bonds. The monoisotopic (exact) mass is 317 g/mol. The van der Waals surface area contributed by atoms with Gasteiger partial charge >= 0.3 is 6.03 Å². The highest BCUT2D eigenvalue weighted by atomic mass is 16.3. The van der Waals surface area contributed by atoms with E-state index in [1.165, 1.54) is 0 Å². The molecule has 1 unspecified atom stereocenters. The lowest BCUT2D eigenvalue weighted by molar-refractivity contribution is 0.117. The van der Waals surface area contributed by atoms with Crippen molar-refractivity contribution in [3.8, 4) is 11.4 Å². The number of amides is 2. The minimum atomic E-state index is -0.410. The maximum Gasteiger partial charge on any atom is 0.319 e. The number of aliphatic hydroxyl groups is 1. The number of hydrogen-bond acceptors (Lipinski definition) is 4. The van der Waals surface area contributed by atoms with Crippen LogP contribution < -0.4 is 10.6 Å². The Morgan fingerprint density at radius 3 is 2.83 bits per heavy atom. The number of H-pyrrole nitrogens is 1. The first kappa shape index (κ1) is 17.0. The van der Waals surface area contributed by atoms with E-state index in [1.54, 1.807) is 6.07 Å². The van der Waals surface area contributed by atoms with Gasteiger partial charge in [0.2, 0.25) is 0 Å². The van der Waals surface area contributed by atoms with E-state index in [9.17, 15) is 9.90 Å². The number of nitrogens with one attached hydrogen (secondary N) is 3. The lowest BCUT2D eigenvalue weighted by atomic mass is 10.0. The highest BCUT2D eigenvalue weighted by Crippen LogP contribution is 2.19. The van der Waals surface area contributed by atoms with Gasteiger partial charge in [-0.15, -0.1) is 0 Å². The minimum absolute atomic E-state index is 0.182. The highest BCUT2D eigenvalue weighted by Gasteiger charge is 2.10. The Hall–Kier alpha value is -2.41. The Morgan fingerprint density at radius 2 is 2.17 bits per heavy atom. The molecule has 1 aromatic carbocycles. The number of aromatic amines is 1. The van der Waals surface area contributed by atoms with E-state index in [0.29, 0.717) is 24.5 Å². The molecule has 7 nitrogen and oxygen atoms in total. The van der Waals surface area contributed by atoms with Crippen molar-refractivity contribution in [1.82, 2.24) is 20.5 Å². The summed E-state index contributed by atoms with van der Waals surface area (Å²) in [4.78, 5) is 16.1. The van der Waals surface area contributed by atoms with E-state index in [4.69, 9.17) is 0 Å². The fourth-order valence-electron chi connectivity index (χ4n) is 2.05. The van der Waals surface area contributed by atoms with Gasteiger partial charge in [0.1, 0.15) is 5.82 Å². The van der Waals surface area contributed by atoms with E-state index in [0.717, 1.165) is 11.4 Å². The normalized spacial score (nSPS) is 12.2. The first-order chi connectivity index (χ1) is 11.0. The van der Waals surface area contributed by atoms with Crippen molar-refractivity contribution < 1.29 is 9.90 Å². The van der Waals surface area contributed by atoms with Crippen LogP contribution in [0.1, 0.15) is 26.1 Å². The minimum Gasteiger partial charge on any atom is -0.393 e. The second-order valence-electron chi connectivity index (χ2n) is 5.81. The van der Waals surface area contributed by atoms with Gasteiger partial charge in [0.05, 0.1) is 6.10 Å². The molecule has 4 N–H and O–H groups in total. The molecule has 0 spiro atoms. The van der Waals surface area contributed by atoms with Crippen molar-refractivity contribution in [2.75, 3.05) is 11.9 Å². The fraction of sp³-hybridized carbons (Fsp3) is 0.438. The molecule has 2 rings (SSSR count). The van der Waals surface area contributed by atoms with Crippen LogP contribution >= 0.6 is 0 Å². The molecule has 0 saturated heterocycles. The van der Waals surface area contributed by atoms with Crippen molar-refractivity contribution in [3.63, 3.8) is 0 Å². The molecular weight excluding hydrogens is 294 g/mol. The van der Waals surface area contributed by atoms with E-state index < -0.39 is 6.10 Å². The number of benzene rings is 1. The number of anilines is 1. The predicted octanol–water partition coefficient (Wildman–Crippen LogP) is 2.31. The van der Waals surface area contributed by atoms with Gasteiger partial charge in [-0.25, -0.2) is 9.78 Å². The Balaban J connectivity index is 1.89. The number of hydrogen-bond donors (Lipinski definition) is 4. The largest absolute Gasteiger partial charge is 0.393 e. The molecule has 1 heterocycles. The van der Waals surface area contributed by atoms with Gasteiger partial charge in [-0.05, 0) is 31.4 Å². The Morgan fingerprint density at radius 1 is 1.39 bits per heavy atom. The van der Waals surface area contributed by atoms with E-state index in [-0.39, 0.29) is 11.9 Å². The van der Waals surface area contributed by atoms with Crippen LogP contribution in [0, 0.1) is 12.8 Å². The third-order valence-corrected chi connectivity index (χ3v) is 3.47. The highest BCUT2D eigenvalue weighted by molar-refractivity contribution is 5.89. The van der Waals surface area contributed by atoms with Gasteiger partial charge in [0.15, 0.2) is 5.82 Å². The Kier molecular flexibility index (Phi) is 5.70. The lowest BCUT2D eigenvalue weighted by Crippen LogP contribution is -2.32. The third-order valence-electron chi connectivity index (χ3n) is 3.47. The first-order valence-corrected chi connectivity index (χ1v) is 7.68. The molecule has 0 bridgehead atoms. The number of rotatable bonds is 6. The molecule has 0 aliphatic heterocycles. The van der Waals surface area contributed by atoms with Crippen LogP contribution in [0.15, 0.2) is 24.3 Å². The van der Waals surface area contributed by atoms with Crippen molar-refractivity contribution in [2.45, 2.75) is 33.3 Å². The number of aryl methyl sites for hydroxylation is 1. The van der Waals surface area contributed by atoms with E-state index in [1.807, 2.05) is 39.0 Å². The quantitative estimate of drug-likeness (QED) is 0.656. The van der Waals surface area contributed by atoms with Crippen molar-refractivity contribution in [2.24, 2.45) is 5.92 Å².